The lowest BCUT2D eigenvalue weighted by Crippen LogP contribution is -2.39. The SMILES string of the molecule is C/C=C\c1c(CC)cccc1C(C)NCCC1CN(c2ccc(C(F)(F)F)c(C(=O)O)c2)c2ccccc2O1. The Hall–Kier alpha value is -3.78. The maximum Gasteiger partial charge on any atom is 0.417 e. The smallest absolute Gasteiger partial charge is 0.417 e. The lowest BCUT2D eigenvalue weighted by atomic mass is 9.94. The van der Waals surface area contributed by atoms with E-state index in [9.17, 15) is 23.1 Å². The maximum absolute atomic E-state index is 13.4. The van der Waals surface area contributed by atoms with Crippen molar-refractivity contribution in [3.63, 3.8) is 0 Å². The Balaban J connectivity index is 1.53. The third kappa shape index (κ3) is 6.28. The number of benzene rings is 3. The summed E-state index contributed by atoms with van der Waals surface area (Å²) >= 11 is 0. The minimum absolute atomic E-state index is 0.0997. The van der Waals surface area contributed by atoms with Crippen LogP contribution < -0.4 is 15.0 Å². The molecule has 8 heteroatoms. The van der Waals surface area contributed by atoms with E-state index in [1.54, 1.807) is 0 Å². The zero-order valence-electron chi connectivity index (χ0n) is 22.3. The molecule has 206 valence electrons. The van der Waals surface area contributed by atoms with Gasteiger partial charge in [-0.1, -0.05) is 49.4 Å². The van der Waals surface area contributed by atoms with E-state index in [0.29, 0.717) is 36.6 Å². The number of rotatable bonds is 9. The Bertz CT molecular complexity index is 1350. The Morgan fingerprint density at radius 2 is 1.95 bits per heavy atom. The molecule has 2 N–H and O–H groups in total. The van der Waals surface area contributed by atoms with E-state index >= 15 is 0 Å². The van der Waals surface area contributed by atoms with E-state index in [2.05, 4.69) is 43.4 Å². The standard InChI is InChI=1S/C31H33F3N2O3/c1-4-9-25-21(5-2)10-8-11-24(25)20(3)35-17-16-23-19-36(28-12-6-7-13-29(28)39-23)22-14-15-27(31(32,33)34)26(18-22)30(37)38/h4,6-15,18,20,23,35H,5,16-17,19H2,1-3H3,(H,37,38)/b9-4-. The second-order valence-electron chi connectivity index (χ2n) is 9.59. The van der Waals surface area contributed by atoms with E-state index in [1.165, 1.54) is 22.8 Å². The number of halogens is 3. The third-order valence-corrected chi connectivity index (χ3v) is 7.01. The molecule has 39 heavy (non-hydrogen) atoms. The number of alkyl halides is 3. The summed E-state index contributed by atoms with van der Waals surface area (Å²) in [6.07, 6.45) is 0.758. The fourth-order valence-electron chi connectivity index (χ4n) is 5.08. The molecule has 4 rings (SSSR count). The monoisotopic (exact) mass is 538 g/mol. The Morgan fingerprint density at radius 1 is 1.18 bits per heavy atom. The van der Waals surface area contributed by atoms with Gasteiger partial charge in [-0.25, -0.2) is 4.79 Å². The van der Waals surface area contributed by atoms with E-state index in [0.717, 1.165) is 18.6 Å². The van der Waals surface area contributed by atoms with Gasteiger partial charge in [0.25, 0.3) is 0 Å². The molecule has 1 aliphatic rings. The summed E-state index contributed by atoms with van der Waals surface area (Å²) < 4.78 is 46.5. The minimum atomic E-state index is -4.76. The maximum atomic E-state index is 13.4. The quantitative estimate of drug-likeness (QED) is 0.293. The van der Waals surface area contributed by atoms with Crippen LogP contribution in [-0.4, -0.2) is 30.3 Å². The van der Waals surface area contributed by atoms with Crippen molar-refractivity contribution in [1.29, 1.82) is 0 Å². The molecule has 0 spiro atoms. The molecule has 0 saturated heterocycles. The molecule has 0 aliphatic carbocycles. The van der Waals surface area contributed by atoms with Crippen LogP contribution in [0.25, 0.3) is 6.08 Å². The van der Waals surface area contributed by atoms with Crippen LogP contribution in [0.15, 0.2) is 66.7 Å². The van der Waals surface area contributed by atoms with E-state index < -0.39 is 23.3 Å². The number of carboxylic acids is 1. The van der Waals surface area contributed by atoms with Gasteiger partial charge in [0, 0.05) is 11.7 Å². The number of aryl methyl sites for hydroxylation is 1. The van der Waals surface area contributed by atoms with Gasteiger partial charge < -0.3 is 20.1 Å². The summed E-state index contributed by atoms with van der Waals surface area (Å²) in [5.41, 5.74) is 2.84. The fourth-order valence-corrected chi connectivity index (χ4v) is 5.08. The lowest BCUT2D eigenvalue weighted by Gasteiger charge is -2.37. The number of fused-ring (bicyclic) bond motifs is 1. The summed E-state index contributed by atoms with van der Waals surface area (Å²) in [6.45, 7) is 7.30. The van der Waals surface area contributed by atoms with Crippen molar-refractivity contribution in [1.82, 2.24) is 5.32 Å². The van der Waals surface area contributed by atoms with E-state index in [-0.39, 0.29) is 12.1 Å². The van der Waals surface area contributed by atoms with Gasteiger partial charge in [-0.3, -0.25) is 0 Å². The lowest BCUT2D eigenvalue weighted by molar-refractivity contribution is -0.138. The first-order valence-electron chi connectivity index (χ1n) is 13.1. The fraction of sp³-hybridized carbons (Fsp3) is 0.323. The van der Waals surface area contributed by atoms with E-state index in [1.807, 2.05) is 42.2 Å². The van der Waals surface area contributed by atoms with Crippen LogP contribution in [0.1, 0.15) is 65.8 Å². The van der Waals surface area contributed by atoms with Crippen molar-refractivity contribution in [3.05, 3.63) is 94.6 Å². The van der Waals surface area contributed by atoms with Crippen LogP contribution in [0.2, 0.25) is 0 Å². The molecule has 0 aromatic heterocycles. The number of hydrogen-bond acceptors (Lipinski definition) is 4. The molecule has 3 aromatic rings. The number of hydrogen-bond donors (Lipinski definition) is 2. The van der Waals surface area contributed by atoms with Crippen molar-refractivity contribution in [3.8, 4) is 5.75 Å². The van der Waals surface area contributed by atoms with Gasteiger partial charge in [-0.15, -0.1) is 0 Å². The highest BCUT2D eigenvalue weighted by Crippen LogP contribution is 2.41. The average molecular weight is 539 g/mol. The second kappa shape index (κ2) is 11.9. The summed E-state index contributed by atoms with van der Waals surface area (Å²) in [4.78, 5) is 13.5. The second-order valence-corrected chi connectivity index (χ2v) is 9.59. The predicted octanol–water partition coefficient (Wildman–Crippen LogP) is 7.64. The summed E-state index contributed by atoms with van der Waals surface area (Å²) in [7, 11) is 0. The molecule has 0 bridgehead atoms. The van der Waals surface area contributed by atoms with Gasteiger partial charge in [0.1, 0.15) is 11.9 Å². The number of carboxylic acid groups (broad SMARTS) is 1. The van der Waals surface area contributed by atoms with Crippen LogP contribution in [0.3, 0.4) is 0 Å². The first kappa shape index (κ1) is 28.2. The Labute approximate surface area is 226 Å². The molecule has 1 heterocycles. The topological polar surface area (TPSA) is 61.8 Å². The molecule has 1 aliphatic heterocycles. The van der Waals surface area contributed by atoms with Gasteiger partial charge in [-0.05, 0) is 80.3 Å². The van der Waals surface area contributed by atoms with Gasteiger partial charge in [-0.2, -0.15) is 13.2 Å². The highest BCUT2D eigenvalue weighted by molar-refractivity contribution is 5.91. The number of anilines is 2. The van der Waals surface area contributed by atoms with Crippen molar-refractivity contribution >= 4 is 23.4 Å². The normalized spacial score (nSPS) is 16.2. The molecule has 0 saturated carbocycles. The summed E-state index contributed by atoms with van der Waals surface area (Å²) in [5.74, 6) is -1.02. The molecule has 2 unspecified atom stereocenters. The molecule has 2 atom stereocenters. The van der Waals surface area contributed by atoms with Gasteiger partial charge in [0.05, 0.1) is 23.4 Å². The Morgan fingerprint density at radius 3 is 2.64 bits per heavy atom. The number of ether oxygens (including phenoxy) is 1. The number of carbonyl (C=O) groups is 1. The number of nitrogens with one attached hydrogen (secondary N) is 1. The highest BCUT2D eigenvalue weighted by Gasteiger charge is 2.36. The van der Waals surface area contributed by atoms with Gasteiger partial charge >= 0.3 is 12.1 Å². The number of nitrogens with zero attached hydrogens (tertiary/aromatic N) is 1. The highest BCUT2D eigenvalue weighted by atomic mass is 19.4. The Kier molecular flexibility index (Phi) is 8.65. The van der Waals surface area contributed by atoms with Crippen LogP contribution in [0.4, 0.5) is 24.5 Å². The van der Waals surface area contributed by atoms with Crippen molar-refractivity contribution < 1.29 is 27.8 Å². The predicted molar refractivity (Wildman–Crippen MR) is 148 cm³/mol. The molecule has 5 nitrogen and oxygen atoms in total. The van der Waals surface area contributed by atoms with E-state index in [4.69, 9.17) is 4.74 Å². The summed E-state index contributed by atoms with van der Waals surface area (Å²) in [6, 6.07) is 17.0. The zero-order chi connectivity index (χ0) is 28.2. The third-order valence-electron chi connectivity index (χ3n) is 7.01. The molecule has 0 radical (unpaired) electrons. The molecule has 3 aromatic carbocycles. The van der Waals surface area contributed by atoms with Crippen molar-refractivity contribution in [2.24, 2.45) is 0 Å². The van der Waals surface area contributed by atoms with Crippen molar-refractivity contribution in [2.75, 3.05) is 18.0 Å². The van der Waals surface area contributed by atoms with Crippen LogP contribution in [-0.2, 0) is 12.6 Å². The summed E-state index contributed by atoms with van der Waals surface area (Å²) in [5, 5.41) is 13.1. The number of aromatic carboxylic acids is 1. The van der Waals surface area contributed by atoms with Gasteiger partial charge in [0.15, 0.2) is 0 Å². The number of para-hydroxylation sites is 2. The van der Waals surface area contributed by atoms with Gasteiger partial charge in [0.2, 0.25) is 0 Å². The molecular weight excluding hydrogens is 505 g/mol. The first-order chi connectivity index (χ1) is 18.6. The zero-order valence-corrected chi connectivity index (χ0v) is 22.3. The molecule has 0 amide bonds. The van der Waals surface area contributed by atoms with Crippen LogP contribution >= 0.6 is 0 Å². The number of allylic oxidation sites excluding steroid dienone is 1. The van der Waals surface area contributed by atoms with Crippen LogP contribution in [0, 0.1) is 0 Å². The van der Waals surface area contributed by atoms with Crippen molar-refractivity contribution in [2.45, 2.75) is 51.9 Å². The average Bonchev–Trinajstić information content (AvgIpc) is 2.92. The molecule has 0 fully saturated rings. The van der Waals surface area contributed by atoms with Crippen LogP contribution in [0.5, 0.6) is 5.75 Å². The molecular formula is C31H33F3N2O3. The first-order valence-corrected chi connectivity index (χ1v) is 13.1. The largest absolute Gasteiger partial charge is 0.486 e. The minimum Gasteiger partial charge on any atom is -0.486 e.